The first-order valence-electron chi connectivity index (χ1n) is 4.39. The maximum Gasteiger partial charge on any atom is 0.200 e. The lowest BCUT2D eigenvalue weighted by molar-refractivity contribution is 0.271. The van der Waals surface area contributed by atoms with Gasteiger partial charge in [0.25, 0.3) is 0 Å². The first kappa shape index (κ1) is 10.1. The van der Waals surface area contributed by atoms with Crippen LogP contribution >= 0.6 is 0 Å². The second-order valence-electron chi connectivity index (χ2n) is 2.83. The van der Waals surface area contributed by atoms with Crippen LogP contribution in [0.2, 0.25) is 0 Å². The molecule has 0 fully saturated rings. The zero-order valence-electron chi connectivity index (χ0n) is 8.09. The van der Waals surface area contributed by atoms with Crippen LogP contribution in [0.5, 0.6) is 0 Å². The Morgan fingerprint density at radius 1 is 1.44 bits per heavy atom. The third-order valence-corrected chi connectivity index (χ3v) is 1.85. The van der Waals surface area contributed by atoms with E-state index in [1.54, 1.807) is 24.3 Å². The quantitative estimate of drug-likeness (QED) is 0.471. The maximum absolute atomic E-state index is 8.81. The monoisotopic (exact) mass is 217 g/mol. The number of nitrogens with zero attached hydrogens (tertiary/aromatic N) is 7. The Bertz CT molecular complexity index is 543. The van der Waals surface area contributed by atoms with E-state index in [1.807, 2.05) is 0 Å². The lowest BCUT2D eigenvalue weighted by Crippen LogP contribution is -1.99. The lowest BCUT2D eigenvalue weighted by Gasteiger charge is -2.00. The van der Waals surface area contributed by atoms with Crippen molar-refractivity contribution >= 4 is 5.69 Å². The van der Waals surface area contributed by atoms with Gasteiger partial charge in [0.05, 0.1) is 11.4 Å². The number of para-hydroxylation sites is 1. The van der Waals surface area contributed by atoms with Crippen LogP contribution in [0.3, 0.4) is 0 Å². The fourth-order valence-electron chi connectivity index (χ4n) is 1.17. The Labute approximate surface area is 89.8 Å². The van der Waals surface area contributed by atoms with E-state index in [9.17, 15) is 0 Å². The highest BCUT2D eigenvalue weighted by molar-refractivity contribution is 5.55. The molecule has 8 nitrogen and oxygen atoms in total. The number of rotatable bonds is 3. The van der Waals surface area contributed by atoms with Gasteiger partial charge in [-0.1, -0.05) is 23.3 Å². The molecule has 0 saturated heterocycles. The van der Waals surface area contributed by atoms with E-state index >= 15 is 0 Å². The minimum Gasteiger partial charge on any atom is -0.388 e. The second kappa shape index (κ2) is 4.39. The number of aromatic nitrogens is 4. The van der Waals surface area contributed by atoms with Crippen molar-refractivity contribution in [3.05, 3.63) is 40.5 Å². The predicted molar refractivity (Wildman–Crippen MR) is 53.9 cm³/mol. The van der Waals surface area contributed by atoms with Crippen LogP contribution in [-0.2, 0) is 6.61 Å². The fraction of sp³-hybridized carbons (Fsp3) is 0.125. The molecule has 1 N–H and O–H groups in total. The molecular formula is C8H7N7O. The Kier molecular flexibility index (Phi) is 2.77. The van der Waals surface area contributed by atoms with Gasteiger partial charge in [0.15, 0.2) is 0 Å². The second-order valence-corrected chi connectivity index (χ2v) is 2.83. The molecule has 16 heavy (non-hydrogen) atoms. The molecule has 8 heteroatoms. The molecule has 0 aliphatic heterocycles. The summed E-state index contributed by atoms with van der Waals surface area (Å²) in [6.07, 6.45) is 0. The van der Waals surface area contributed by atoms with Crippen molar-refractivity contribution in [2.75, 3.05) is 0 Å². The molecule has 1 aromatic heterocycles. The van der Waals surface area contributed by atoms with Gasteiger partial charge in [-0.3, -0.25) is 0 Å². The number of hydrogen-bond acceptors (Lipinski definition) is 5. The summed E-state index contributed by atoms with van der Waals surface area (Å²) in [7, 11) is 0. The molecule has 0 saturated carbocycles. The van der Waals surface area contributed by atoms with Gasteiger partial charge in [0.2, 0.25) is 5.82 Å². The van der Waals surface area contributed by atoms with Crippen LogP contribution in [0, 0.1) is 0 Å². The third kappa shape index (κ3) is 1.83. The summed E-state index contributed by atoms with van der Waals surface area (Å²) in [5, 5.41) is 23.6. The minimum absolute atomic E-state index is 0.204. The summed E-state index contributed by atoms with van der Waals surface area (Å²) in [4.78, 5) is 3.91. The van der Waals surface area contributed by atoms with Gasteiger partial charge in [-0.25, -0.2) is 0 Å². The summed E-state index contributed by atoms with van der Waals surface area (Å²) in [6.45, 7) is -0.288. The fourth-order valence-corrected chi connectivity index (χ4v) is 1.17. The first-order chi connectivity index (χ1) is 7.85. The van der Waals surface area contributed by atoms with Gasteiger partial charge in [-0.15, -0.1) is 15.0 Å². The van der Waals surface area contributed by atoms with Crippen LogP contribution in [0.15, 0.2) is 29.4 Å². The van der Waals surface area contributed by atoms with E-state index < -0.39 is 0 Å². The topological polar surface area (TPSA) is 113 Å². The van der Waals surface area contributed by atoms with Crippen LogP contribution in [0.25, 0.3) is 16.1 Å². The van der Waals surface area contributed by atoms with E-state index in [0.717, 1.165) is 0 Å². The standard InChI is InChI=1S/C8H7N7O/c9-13-10-6-3-1-2-4-7(6)15-12-8(5-16)11-14-15/h1-4,16H,5H2. The lowest BCUT2D eigenvalue weighted by atomic mass is 10.3. The van der Waals surface area contributed by atoms with Gasteiger partial charge >= 0.3 is 0 Å². The summed E-state index contributed by atoms with van der Waals surface area (Å²) in [6, 6.07) is 6.81. The van der Waals surface area contributed by atoms with Gasteiger partial charge in [0.1, 0.15) is 6.61 Å². The summed E-state index contributed by atoms with van der Waals surface area (Å²) in [5.41, 5.74) is 9.30. The molecule has 2 aromatic rings. The first-order valence-corrected chi connectivity index (χ1v) is 4.39. The van der Waals surface area contributed by atoms with E-state index in [0.29, 0.717) is 11.4 Å². The molecule has 0 spiro atoms. The smallest absolute Gasteiger partial charge is 0.200 e. The average molecular weight is 217 g/mol. The largest absolute Gasteiger partial charge is 0.388 e. The summed E-state index contributed by atoms with van der Waals surface area (Å²) >= 11 is 0. The van der Waals surface area contributed by atoms with E-state index in [2.05, 4.69) is 25.4 Å². The molecule has 0 atom stereocenters. The molecule has 0 amide bonds. The highest BCUT2D eigenvalue weighted by atomic mass is 16.3. The highest BCUT2D eigenvalue weighted by Crippen LogP contribution is 2.21. The molecule has 1 aromatic carbocycles. The zero-order valence-corrected chi connectivity index (χ0v) is 8.09. The Hall–Kier alpha value is -2.44. The van der Waals surface area contributed by atoms with E-state index in [4.69, 9.17) is 10.6 Å². The molecule has 1 heterocycles. The SMILES string of the molecule is [N-]=[N+]=Nc1ccccc1-n1nnc(CO)n1. The number of hydrogen-bond donors (Lipinski definition) is 1. The number of aliphatic hydroxyl groups excluding tert-OH is 1. The van der Waals surface area contributed by atoms with Crippen LogP contribution in [0.4, 0.5) is 5.69 Å². The molecule has 80 valence electrons. The number of tetrazole rings is 1. The maximum atomic E-state index is 8.81. The zero-order chi connectivity index (χ0) is 11.4. The van der Waals surface area contributed by atoms with Gasteiger partial charge < -0.3 is 5.11 Å². The van der Waals surface area contributed by atoms with Crippen molar-refractivity contribution in [1.82, 2.24) is 20.2 Å². The molecule has 0 radical (unpaired) electrons. The van der Waals surface area contributed by atoms with Gasteiger partial charge in [0, 0.05) is 4.91 Å². The number of aliphatic hydroxyl groups is 1. The van der Waals surface area contributed by atoms with Crippen LogP contribution in [-0.4, -0.2) is 25.3 Å². The molecular weight excluding hydrogens is 210 g/mol. The van der Waals surface area contributed by atoms with Crippen LogP contribution in [0.1, 0.15) is 5.82 Å². The van der Waals surface area contributed by atoms with Crippen molar-refractivity contribution in [3.63, 3.8) is 0 Å². The summed E-state index contributed by atoms with van der Waals surface area (Å²) in [5.74, 6) is 0.204. The molecule has 0 unspecified atom stereocenters. The Morgan fingerprint density at radius 3 is 2.94 bits per heavy atom. The highest BCUT2D eigenvalue weighted by Gasteiger charge is 2.06. The van der Waals surface area contributed by atoms with Crippen molar-refractivity contribution < 1.29 is 5.11 Å². The van der Waals surface area contributed by atoms with Crippen LogP contribution < -0.4 is 0 Å². The third-order valence-electron chi connectivity index (χ3n) is 1.85. The van der Waals surface area contributed by atoms with Crippen molar-refractivity contribution in [1.29, 1.82) is 0 Å². The minimum atomic E-state index is -0.288. The Morgan fingerprint density at radius 2 is 2.25 bits per heavy atom. The number of benzene rings is 1. The van der Waals surface area contributed by atoms with Crippen molar-refractivity contribution in [2.24, 2.45) is 5.11 Å². The molecule has 0 aliphatic carbocycles. The normalized spacial score (nSPS) is 9.81. The van der Waals surface area contributed by atoms with E-state index in [1.165, 1.54) is 4.80 Å². The van der Waals surface area contributed by atoms with Crippen molar-refractivity contribution in [2.45, 2.75) is 6.61 Å². The van der Waals surface area contributed by atoms with Gasteiger partial charge in [-0.05, 0) is 16.8 Å². The average Bonchev–Trinajstić information content (AvgIpc) is 2.79. The van der Waals surface area contributed by atoms with Gasteiger partial charge in [-0.2, -0.15) is 0 Å². The molecule has 0 aliphatic rings. The predicted octanol–water partition coefficient (Wildman–Crippen LogP) is 1.10. The Balaban J connectivity index is 2.50. The van der Waals surface area contributed by atoms with E-state index in [-0.39, 0.29) is 12.4 Å². The molecule has 0 bridgehead atoms. The number of azide groups is 1. The van der Waals surface area contributed by atoms with Crippen molar-refractivity contribution in [3.8, 4) is 5.69 Å². The summed E-state index contributed by atoms with van der Waals surface area (Å²) < 4.78 is 0. The molecule has 2 rings (SSSR count).